The van der Waals surface area contributed by atoms with Gasteiger partial charge in [-0.15, -0.1) is 11.3 Å². The summed E-state index contributed by atoms with van der Waals surface area (Å²) in [5, 5.41) is 2.87. The Balaban J connectivity index is 1.78. The summed E-state index contributed by atoms with van der Waals surface area (Å²) in [6.07, 6.45) is 0. The molecule has 1 aromatic carbocycles. The number of rotatable bonds is 7. The van der Waals surface area contributed by atoms with Crippen molar-refractivity contribution in [2.24, 2.45) is 0 Å². The number of aromatic nitrogens is 1. The van der Waals surface area contributed by atoms with E-state index in [0.29, 0.717) is 38.6 Å². The van der Waals surface area contributed by atoms with Gasteiger partial charge in [-0.1, -0.05) is 6.07 Å². The van der Waals surface area contributed by atoms with E-state index in [4.69, 9.17) is 14.2 Å². The van der Waals surface area contributed by atoms with Crippen LogP contribution in [0.25, 0.3) is 11.3 Å². The Kier molecular flexibility index (Phi) is 6.01. The normalized spacial score (nSPS) is 14.8. The average molecular weight is 352 g/mol. The van der Waals surface area contributed by atoms with Gasteiger partial charge >= 0.3 is 0 Å². The van der Waals surface area contributed by atoms with Crippen LogP contribution in [-0.2, 0) is 9.47 Å². The largest absolute Gasteiger partial charge is 0.487 e. The van der Waals surface area contributed by atoms with Gasteiger partial charge in [0, 0.05) is 30.6 Å². The van der Waals surface area contributed by atoms with Gasteiger partial charge in [-0.3, -0.25) is 0 Å². The van der Waals surface area contributed by atoms with Crippen molar-refractivity contribution in [2.45, 2.75) is 6.92 Å². The monoisotopic (exact) mass is 352 g/mol. The Bertz CT molecular complexity index is 659. The minimum atomic E-state index is -0.384. The van der Waals surface area contributed by atoms with E-state index < -0.39 is 0 Å². The van der Waals surface area contributed by atoms with Crippen molar-refractivity contribution in [2.75, 3.05) is 51.0 Å². The van der Waals surface area contributed by atoms with E-state index in [9.17, 15) is 4.39 Å². The summed E-state index contributed by atoms with van der Waals surface area (Å²) in [5.74, 6) is -0.152. The van der Waals surface area contributed by atoms with E-state index in [2.05, 4.69) is 9.88 Å². The number of hydrogen-bond donors (Lipinski definition) is 0. The third kappa shape index (κ3) is 4.03. The molecule has 2 aromatic rings. The minimum absolute atomic E-state index is 0.232. The molecule has 7 heteroatoms. The van der Waals surface area contributed by atoms with Crippen molar-refractivity contribution < 1.29 is 18.6 Å². The van der Waals surface area contributed by atoms with Gasteiger partial charge < -0.3 is 19.1 Å². The SMILES string of the molecule is CCOCCOc1c(F)cccc1-c1csc(N2CCOCC2)n1. The summed E-state index contributed by atoms with van der Waals surface area (Å²) in [5.41, 5.74) is 1.40. The molecular weight excluding hydrogens is 331 g/mol. The van der Waals surface area contributed by atoms with E-state index in [1.54, 1.807) is 17.4 Å². The number of benzene rings is 1. The molecule has 0 bridgehead atoms. The van der Waals surface area contributed by atoms with Crippen molar-refractivity contribution in [1.29, 1.82) is 0 Å². The average Bonchev–Trinajstić information content (AvgIpc) is 3.10. The number of nitrogens with zero attached hydrogens (tertiary/aromatic N) is 2. The van der Waals surface area contributed by atoms with Gasteiger partial charge in [0.25, 0.3) is 0 Å². The van der Waals surface area contributed by atoms with Crippen molar-refractivity contribution in [3.8, 4) is 17.0 Å². The van der Waals surface area contributed by atoms with Crippen LogP contribution < -0.4 is 9.64 Å². The first kappa shape index (κ1) is 17.1. The number of halogens is 1. The lowest BCUT2D eigenvalue weighted by Gasteiger charge is -2.26. The highest BCUT2D eigenvalue weighted by molar-refractivity contribution is 7.14. The van der Waals surface area contributed by atoms with Crippen LogP contribution in [0, 0.1) is 5.82 Å². The topological polar surface area (TPSA) is 43.8 Å². The van der Waals surface area contributed by atoms with Crippen LogP contribution in [0.5, 0.6) is 5.75 Å². The first-order valence-electron chi connectivity index (χ1n) is 8.07. The number of hydrogen-bond acceptors (Lipinski definition) is 6. The zero-order valence-electron chi connectivity index (χ0n) is 13.7. The van der Waals surface area contributed by atoms with E-state index in [-0.39, 0.29) is 11.6 Å². The molecule has 1 aliphatic heterocycles. The first-order chi connectivity index (χ1) is 11.8. The van der Waals surface area contributed by atoms with Crippen LogP contribution in [0.4, 0.5) is 9.52 Å². The maximum atomic E-state index is 14.2. The molecule has 130 valence electrons. The molecule has 0 aliphatic carbocycles. The molecule has 0 unspecified atom stereocenters. The van der Waals surface area contributed by atoms with Crippen LogP contribution in [0.15, 0.2) is 23.6 Å². The molecule has 1 aromatic heterocycles. The molecule has 0 N–H and O–H groups in total. The Hall–Kier alpha value is -1.70. The van der Waals surface area contributed by atoms with Gasteiger partial charge in [-0.2, -0.15) is 0 Å². The molecule has 0 amide bonds. The second kappa shape index (κ2) is 8.41. The highest BCUT2D eigenvalue weighted by atomic mass is 32.1. The van der Waals surface area contributed by atoms with E-state index in [0.717, 1.165) is 23.9 Å². The molecule has 5 nitrogen and oxygen atoms in total. The number of para-hydroxylation sites is 1. The van der Waals surface area contributed by atoms with Crippen LogP contribution in [0.1, 0.15) is 6.92 Å². The summed E-state index contributed by atoms with van der Waals surface area (Å²) in [4.78, 5) is 6.85. The first-order valence-corrected chi connectivity index (χ1v) is 8.95. The highest BCUT2D eigenvalue weighted by Gasteiger charge is 2.18. The standard InChI is InChI=1S/C17H21FN2O3S/c1-2-21-10-11-23-16-13(4-3-5-14(16)18)15-12-24-17(19-15)20-6-8-22-9-7-20/h3-5,12H,2,6-11H2,1H3. The smallest absolute Gasteiger partial charge is 0.186 e. The summed E-state index contributed by atoms with van der Waals surface area (Å²) >= 11 is 1.55. The molecular formula is C17H21FN2O3S. The maximum absolute atomic E-state index is 14.2. The zero-order chi connectivity index (χ0) is 16.8. The molecule has 3 rings (SSSR count). The molecule has 0 atom stereocenters. The number of anilines is 1. The zero-order valence-corrected chi connectivity index (χ0v) is 14.5. The molecule has 1 saturated heterocycles. The van der Waals surface area contributed by atoms with Gasteiger partial charge in [0.05, 0.1) is 25.5 Å². The molecule has 2 heterocycles. The quantitative estimate of drug-likeness (QED) is 0.716. The predicted octanol–water partition coefficient (Wildman–Crippen LogP) is 3.20. The highest BCUT2D eigenvalue weighted by Crippen LogP contribution is 2.35. The van der Waals surface area contributed by atoms with Crippen LogP contribution in [0.3, 0.4) is 0 Å². The van der Waals surface area contributed by atoms with Crippen molar-refractivity contribution >= 4 is 16.5 Å². The maximum Gasteiger partial charge on any atom is 0.186 e. The Morgan fingerprint density at radius 2 is 2.12 bits per heavy atom. The van der Waals surface area contributed by atoms with Crippen molar-refractivity contribution in [1.82, 2.24) is 4.98 Å². The van der Waals surface area contributed by atoms with Crippen LogP contribution in [0.2, 0.25) is 0 Å². The summed E-state index contributed by atoms with van der Waals surface area (Å²) in [7, 11) is 0. The third-order valence-electron chi connectivity index (χ3n) is 3.69. The Labute approximate surface area is 145 Å². The predicted molar refractivity (Wildman–Crippen MR) is 92.5 cm³/mol. The van der Waals surface area contributed by atoms with Gasteiger partial charge in [0.1, 0.15) is 6.61 Å². The van der Waals surface area contributed by atoms with Crippen molar-refractivity contribution in [3.63, 3.8) is 0 Å². The number of ether oxygens (including phenoxy) is 3. The van der Waals surface area contributed by atoms with Crippen molar-refractivity contribution in [3.05, 3.63) is 29.4 Å². The van der Waals surface area contributed by atoms with E-state index in [1.807, 2.05) is 18.4 Å². The number of morpholine rings is 1. The lowest BCUT2D eigenvalue weighted by atomic mass is 10.1. The third-order valence-corrected chi connectivity index (χ3v) is 4.60. The molecule has 1 aliphatic rings. The molecule has 0 spiro atoms. The van der Waals surface area contributed by atoms with Gasteiger partial charge in [0.2, 0.25) is 0 Å². The molecule has 0 saturated carbocycles. The van der Waals surface area contributed by atoms with Gasteiger partial charge in [0.15, 0.2) is 16.7 Å². The molecule has 1 fully saturated rings. The number of thiazole rings is 1. The van der Waals surface area contributed by atoms with E-state index in [1.165, 1.54) is 6.07 Å². The van der Waals surface area contributed by atoms with Crippen LogP contribution >= 0.6 is 11.3 Å². The summed E-state index contributed by atoms with van der Waals surface area (Å²) in [6, 6.07) is 4.90. The second-order valence-electron chi connectivity index (χ2n) is 5.28. The minimum Gasteiger partial charge on any atom is -0.487 e. The summed E-state index contributed by atoms with van der Waals surface area (Å²) < 4.78 is 30.4. The Morgan fingerprint density at radius 3 is 2.92 bits per heavy atom. The van der Waals surface area contributed by atoms with E-state index >= 15 is 0 Å². The van der Waals surface area contributed by atoms with Crippen LogP contribution in [-0.4, -0.2) is 51.1 Å². The second-order valence-corrected chi connectivity index (χ2v) is 6.11. The molecule has 0 radical (unpaired) electrons. The fourth-order valence-corrected chi connectivity index (χ4v) is 3.37. The van der Waals surface area contributed by atoms with Gasteiger partial charge in [-0.25, -0.2) is 9.37 Å². The molecule has 24 heavy (non-hydrogen) atoms. The fourth-order valence-electron chi connectivity index (χ4n) is 2.49. The lowest BCUT2D eigenvalue weighted by Crippen LogP contribution is -2.36. The van der Waals surface area contributed by atoms with Gasteiger partial charge in [-0.05, 0) is 19.1 Å². The Morgan fingerprint density at radius 1 is 1.29 bits per heavy atom. The lowest BCUT2D eigenvalue weighted by molar-refractivity contribution is 0.109. The summed E-state index contributed by atoms with van der Waals surface area (Å²) in [6.45, 7) is 6.34. The fraction of sp³-hybridized carbons (Fsp3) is 0.471.